The van der Waals surface area contributed by atoms with Gasteiger partial charge in [0.15, 0.2) is 11.6 Å². The van der Waals surface area contributed by atoms with Crippen LogP contribution in [0.5, 0.6) is 0 Å². The summed E-state index contributed by atoms with van der Waals surface area (Å²) < 4.78 is 43.1. The van der Waals surface area contributed by atoms with Crippen LogP contribution in [0.1, 0.15) is 37.8 Å². The predicted molar refractivity (Wildman–Crippen MR) is 105 cm³/mol. The SMILES string of the molecule is CCCCc1ccc(-c2ccc(-c3ccc(CC)cc3F)cc2)c(F)c1F. The third kappa shape index (κ3) is 4.08. The van der Waals surface area contributed by atoms with Crippen molar-refractivity contribution in [2.75, 3.05) is 0 Å². The van der Waals surface area contributed by atoms with Crippen LogP contribution in [0.2, 0.25) is 0 Å². The van der Waals surface area contributed by atoms with Crippen LogP contribution >= 0.6 is 0 Å². The van der Waals surface area contributed by atoms with Crippen LogP contribution in [-0.2, 0) is 12.8 Å². The first-order chi connectivity index (χ1) is 13.0. The molecule has 0 aliphatic rings. The van der Waals surface area contributed by atoms with Crippen molar-refractivity contribution in [3.63, 3.8) is 0 Å². The Balaban J connectivity index is 1.91. The number of unbranched alkanes of at least 4 members (excludes halogenated alkanes) is 1. The fourth-order valence-corrected chi connectivity index (χ4v) is 3.21. The van der Waals surface area contributed by atoms with E-state index in [4.69, 9.17) is 0 Å². The molecule has 0 fully saturated rings. The topological polar surface area (TPSA) is 0 Å². The van der Waals surface area contributed by atoms with Gasteiger partial charge in [-0.3, -0.25) is 0 Å². The van der Waals surface area contributed by atoms with Crippen molar-refractivity contribution in [3.05, 3.63) is 83.2 Å². The summed E-state index contributed by atoms with van der Waals surface area (Å²) >= 11 is 0. The van der Waals surface area contributed by atoms with Crippen molar-refractivity contribution < 1.29 is 13.2 Å². The number of halogens is 3. The zero-order valence-corrected chi connectivity index (χ0v) is 15.7. The van der Waals surface area contributed by atoms with Crippen molar-refractivity contribution in [3.8, 4) is 22.3 Å². The lowest BCUT2D eigenvalue weighted by molar-refractivity contribution is 0.499. The second kappa shape index (κ2) is 8.43. The standard InChI is InChI=1S/C24H23F3/c1-3-5-6-19-12-14-21(24(27)23(19)26)18-10-8-17(9-11-18)20-13-7-16(4-2)15-22(20)25/h7-15H,3-6H2,1-2H3. The molecule has 0 heterocycles. The maximum absolute atomic E-state index is 14.5. The van der Waals surface area contributed by atoms with Gasteiger partial charge in [-0.1, -0.05) is 68.8 Å². The molecule has 0 aromatic heterocycles. The third-order valence-electron chi connectivity index (χ3n) is 4.91. The van der Waals surface area contributed by atoms with E-state index in [-0.39, 0.29) is 11.4 Å². The highest BCUT2D eigenvalue weighted by Gasteiger charge is 2.15. The molecule has 0 saturated heterocycles. The maximum atomic E-state index is 14.5. The van der Waals surface area contributed by atoms with Gasteiger partial charge in [0.05, 0.1) is 0 Å². The van der Waals surface area contributed by atoms with Crippen molar-refractivity contribution in [2.24, 2.45) is 0 Å². The Morgan fingerprint density at radius 1 is 0.704 bits per heavy atom. The molecule has 0 atom stereocenters. The monoisotopic (exact) mass is 368 g/mol. The quantitative estimate of drug-likeness (QED) is 0.427. The highest BCUT2D eigenvalue weighted by Crippen LogP contribution is 2.30. The van der Waals surface area contributed by atoms with E-state index in [0.717, 1.165) is 24.8 Å². The van der Waals surface area contributed by atoms with Gasteiger partial charge in [0.25, 0.3) is 0 Å². The summed E-state index contributed by atoms with van der Waals surface area (Å²) in [7, 11) is 0. The first-order valence-corrected chi connectivity index (χ1v) is 9.41. The summed E-state index contributed by atoms with van der Waals surface area (Å²) in [5.41, 5.74) is 3.35. The van der Waals surface area contributed by atoms with Gasteiger partial charge in [0.1, 0.15) is 5.82 Å². The molecule has 0 radical (unpaired) electrons. The molecule has 0 unspecified atom stereocenters. The fraction of sp³-hybridized carbons (Fsp3) is 0.250. The molecule has 0 spiro atoms. The van der Waals surface area contributed by atoms with E-state index in [9.17, 15) is 13.2 Å². The predicted octanol–water partition coefficient (Wildman–Crippen LogP) is 7.34. The molecule has 0 amide bonds. The number of hydrogen-bond acceptors (Lipinski definition) is 0. The largest absolute Gasteiger partial charge is 0.206 e. The van der Waals surface area contributed by atoms with E-state index in [1.807, 2.05) is 19.9 Å². The van der Waals surface area contributed by atoms with Crippen LogP contribution in [0.4, 0.5) is 13.2 Å². The number of aryl methyl sites for hydroxylation is 2. The minimum atomic E-state index is -0.824. The molecule has 3 rings (SSSR count). The summed E-state index contributed by atoms with van der Waals surface area (Å²) in [4.78, 5) is 0. The highest BCUT2D eigenvalue weighted by atomic mass is 19.2. The molecule has 0 aliphatic carbocycles. The lowest BCUT2D eigenvalue weighted by Gasteiger charge is -2.10. The number of hydrogen-bond donors (Lipinski definition) is 0. The Labute approximate surface area is 158 Å². The normalized spacial score (nSPS) is 11.0. The molecule has 3 heteroatoms. The molecule has 0 aliphatic heterocycles. The lowest BCUT2D eigenvalue weighted by atomic mass is 9.97. The van der Waals surface area contributed by atoms with E-state index >= 15 is 0 Å². The Morgan fingerprint density at radius 3 is 1.93 bits per heavy atom. The van der Waals surface area contributed by atoms with Crippen LogP contribution in [0.15, 0.2) is 54.6 Å². The van der Waals surface area contributed by atoms with Crippen molar-refractivity contribution >= 4 is 0 Å². The molecule has 3 aromatic carbocycles. The van der Waals surface area contributed by atoms with Gasteiger partial charge in [0, 0.05) is 11.1 Å². The van der Waals surface area contributed by atoms with E-state index in [1.54, 1.807) is 42.5 Å². The summed E-state index contributed by atoms with van der Waals surface area (Å²) in [6.07, 6.45) is 3.06. The van der Waals surface area contributed by atoms with Gasteiger partial charge in [-0.25, -0.2) is 13.2 Å². The fourth-order valence-electron chi connectivity index (χ4n) is 3.21. The van der Waals surface area contributed by atoms with Gasteiger partial charge in [-0.05, 0) is 47.6 Å². The Morgan fingerprint density at radius 2 is 1.33 bits per heavy atom. The molecule has 0 saturated carbocycles. The number of benzene rings is 3. The van der Waals surface area contributed by atoms with Crippen molar-refractivity contribution in [1.82, 2.24) is 0 Å². The van der Waals surface area contributed by atoms with Gasteiger partial charge < -0.3 is 0 Å². The Hall–Kier alpha value is -2.55. The molecule has 0 N–H and O–H groups in total. The molecule has 0 bridgehead atoms. The highest BCUT2D eigenvalue weighted by molar-refractivity contribution is 5.71. The van der Waals surface area contributed by atoms with Crippen LogP contribution in [0.25, 0.3) is 22.3 Å². The lowest BCUT2D eigenvalue weighted by Crippen LogP contribution is -1.97. The van der Waals surface area contributed by atoms with Crippen molar-refractivity contribution in [2.45, 2.75) is 39.5 Å². The van der Waals surface area contributed by atoms with Crippen LogP contribution in [0.3, 0.4) is 0 Å². The van der Waals surface area contributed by atoms with E-state index in [0.29, 0.717) is 28.7 Å². The van der Waals surface area contributed by atoms with E-state index in [1.165, 1.54) is 6.07 Å². The average Bonchev–Trinajstić information content (AvgIpc) is 2.69. The van der Waals surface area contributed by atoms with E-state index in [2.05, 4.69) is 0 Å². The molecular formula is C24H23F3. The second-order valence-electron chi connectivity index (χ2n) is 6.75. The summed E-state index contributed by atoms with van der Waals surface area (Å²) in [5.74, 6) is -1.87. The minimum absolute atomic E-state index is 0.223. The Kier molecular flexibility index (Phi) is 6.00. The molecular weight excluding hydrogens is 345 g/mol. The van der Waals surface area contributed by atoms with Gasteiger partial charge >= 0.3 is 0 Å². The first-order valence-electron chi connectivity index (χ1n) is 9.41. The summed E-state index contributed by atoms with van der Waals surface area (Å²) in [5, 5.41) is 0. The van der Waals surface area contributed by atoms with Gasteiger partial charge in [0.2, 0.25) is 0 Å². The smallest absolute Gasteiger partial charge is 0.166 e. The van der Waals surface area contributed by atoms with Crippen LogP contribution in [-0.4, -0.2) is 0 Å². The van der Waals surface area contributed by atoms with E-state index < -0.39 is 11.6 Å². The zero-order chi connectivity index (χ0) is 19.4. The molecule has 27 heavy (non-hydrogen) atoms. The molecule has 3 aromatic rings. The molecule has 0 nitrogen and oxygen atoms in total. The summed E-state index contributed by atoms with van der Waals surface area (Å²) in [6.45, 7) is 3.99. The minimum Gasteiger partial charge on any atom is -0.206 e. The zero-order valence-electron chi connectivity index (χ0n) is 15.7. The summed E-state index contributed by atoms with van der Waals surface area (Å²) in [6, 6.07) is 15.3. The maximum Gasteiger partial charge on any atom is 0.166 e. The average molecular weight is 368 g/mol. The second-order valence-corrected chi connectivity index (χ2v) is 6.75. The van der Waals surface area contributed by atoms with Gasteiger partial charge in [-0.15, -0.1) is 0 Å². The molecule has 140 valence electrons. The van der Waals surface area contributed by atoms with Crippen LogP contribution < -0.4 is 0 Å². The number of rotatable bonds is 6. The van der Waals surface area contributed by atoms with Crippen LogP contribution in [0, 0.1) is 17.5 Å². The Bertz CT molecular complexity index is 927. The van der Waals surface area contributed by atoms with Gasteiger partial charge in [-0.2, -0.15) is 0 Å². The van der Waals surface area contributed by atoms with Crippen molar-refractivity contribution in [1.29, 1.82) is 0 Å². The first kappa shape index (κ1) is 19.2. The third-order valence-corrected chi connectivity index (χ3v) is 4.91.